The fraction of sp³-hybridized carbons (Fsp3) is 0.429. The SMILES string of the molecule is Cc1cccc(CN(C)C(=O)NC(=O)CCCC(=O)O)n1. The van der Waals surface area contributed by atoms with Crippen molar-refractivity contribution in [3.05, 3.63) is 29.6 Å². The number of imide groups is 1. The summed E-state index contributed by atoms with van der Waals surface area (Å²) in [5.41, 5.74) is 1.58. The first kappa shape index (κ1) is 16.6. The van der Waals surface area contributed by atoms with Crippen LogP contribution in [0.1, 0.15) is 30.7 Å². The maximum Gasteiger partial charge on any atom is 0.324 e. The maximum absolute atomic E-state index is 11.8. The van der Waals surface area contributed by atoms with Gasteiger partial charge in [0.15, 0.2) is 0 Å². The Balaban J connectivity index is 2.40. The van der Waals surface area contributed by atoms with Crippen LogP contribution in [-0.2, 0) is 16.1 Å². The molecule has 7 nitrogen and oxygen atoms in total. The average Bonchev–Trinajstić information content (AvgIpc) is 2.38. The van der Waals surface area contributed by atoms with Crippen LogP contribution in [0.25, 0.3) is 0 Å². The van der Waals surface area contributed by atoms with E-state index in [9.17, 15) is 14.4 Å². The lowest BCUT2D eigenvalue weighted by Gasteiger charge is -2.17. The zero-order chi connectivity index (χ0) is 15.8. The molecule has 0 aliphatic rings. The van der Waals surface area contributed by atoms with Gasteiger partial charge in [0, 0.05) is 25.6 Å². The third kappa shape index (κ3) is 6.51. The molecule has 1 aromatic rings. The largest absolute Gasteiger partial charge is 0.481 e. The number of nitrogens with one attached hydrogen (secondary N) is 1. The number of urea groups is 1. The second-order valence-corrected chi connectivity index (χ2v) is 4.73. The standard InChI is InChI=1S/C14H19N3O4/c1-10-5-3-6-11(15-10)9-17(2)14(21)16-12(18)7-4-8-13(19)20/h3,5-6H,4,7-9H2,1-2H3,(H,19,20)(H,16,18,21). The van der Waals surface area contributed by atoms with Crippen molar-refractivity contribution >= 4 is 17.9 Å². The molecule has 1 rings (SSSR count). The lowest BCUT2D eigenvalue weighted by Crippen LogP contribution is -2.40. The zero-order valence-corrected chi connectivity index (χ0v) is 12.1. The van der Waals surface area contributed by atoms with E-state index >= 15 is 0 Å². The molecular weight excluding hydrogens is 274 g/mol. The number of carbonyl (C=O) groups is 3. The molecule has 0 unspecified atom stereocenters. The van der Waals surface area contributed by atoms with E-state index in [1.807, 2.05) is 19.1 Å². The summed E-state index contributed by atoms with van der Waals surface area (Å²) in [6, 6.07) is 4.97. The molecule has 0 radical (unpaired) electrons. The molecule has 0 spiro atoms. The number of aromatic nitrogens is 1. The Kier molecular flexibility index (Phi) is 6.32. The third-order valence-corrected chi connectivity index (χ3v) is 2.73. The molecule has 0 aromatic carbocycles. The molecule has 0 aliphatic heterocycles. The molecule has 2 N–H and O–H groups in total. The number of carboxylic acid groups (broad SMARTS) is 1. The average molecular weight is 293 g/mol. The van der Waals surface area contributed by atoms with Gasteiger partial charge in [0.2, 0.25) is 5.91 Å². The first-order chi connectivity index (χ1) is 9.88. The Hall–Kier alpha value is -2.44. The maximum atomic E-state index is 11.8. The molecule has 21 heavy (non-hydrogen) atoms. The topological polar surface area (TPSA) is 99.6 Å². The molecule has 0 aliphatic carbocycles. The van der Waals surface area contributed by atoms with Gasteiger partial charge in [0.05, 0.1) is 12.2 Å². The molecule has 1 heterocycles. The molecular formula is C14H19N3O4. The van der Waals surface area contributed by atoms with E-state index in [2.05, 4.69) is 10.3 Å². The van der Waals surface area contributed by atoms with Crippen molar-refractivity contribution in [3.8, 4) is 0 Å². The van der Waals surface area contributed by atoms with Crippen molar-refractivity contribution in [2.24, 2.45) is 0 Å². The number of nitrogens with zero attached hydrogens (tertiary/aromatic N) is 2. The molecule has 0 atom stereocenters. The first-order valence-electron chi connectivity index (χ1n) is 6.57. The predicted molar refractivity (Wildman–Crippen MR) is 75.5 cm³/mol. The highest BCUT2D eigenvalue weighted by molar-refractivity contribution is 5.94. The van der Waals surface area contributed by atoms with E-state index in [1.165, 1.54) is 4.90 Å². The van der Waals surface area contributed by atoms with Crippen LogP contribution in [0.15, 0.2) is 18.2 Å². The zero-order valence-electron chi connectivity index (χ0n) is 12.1. The van der Waals surface area contributed by atoms with Gasteiger partial charge in [0.1, 0.15) is 0 Å². The Morgan fingerprint density at radius 1 is 1.29 bits per heavy atom. The van der Waals surface area contributed by atoms with Crippen molar-refractivity contribution in [2.45, 2.75) is 32.7 Å². The van der Waals surface area contributed by atoms with Crippen molar-refractivity contribution in [1.82, 2.24) is 15.2 Å². The number of aliphatic carboxylic acids is 1. The van der Waals surface area contributed by atoms with E-state index in [0.717, 1.165) is 11.4 Å². The van der Waals surface area contributed by atoms with Gasteiger partial charge in [-0.25, -0.2) is 4.79 Å². The summed E-state index contributed by atoms with van der Waals surface area (Å²) < 4.78 is 0. The molecule has 0 saturated heterocycles. The van der Waals surface area contributed by atoms with Gasteiger partial charge in [-0.2, -0.15) is 0 Å². The van der Waals surface area contributed by atoms with Crippen LogP contribution in [-0.4, -0.2) is 39.9 Å². The molecule has 3 amide bonds. The van der Waals surface area contributed by atoms with Crippen molar-refractivity contribution in [1.29, 1.82) is 0 Å². The molecule has 0 bridgehead atoms. The van der Waals surface area contributed by atoms with E-state index in [1.54, 1.807) is 13.1 Å². The van der Waals surface area contributed by atoms with Gasteiger partial charge in [-0.3, -0.25) is 19.9 Å². The van der Waals surface area contributed by atoms with E-state index < -0.39 is 17.9 Å². The monoisotopic (exact) mass is 293 g/mol. The van der Waals surface area contributed by atoms with Gasteiger partial charge in [-0.1, -0.05) is 6.07 Å². The van der Waals surface area contributed by atoms with Crippen LogP contribution >= 0.6 is 0 Å². The van der Waals surface area contributed by atoms with Gasteiger partial charge >= 0.3 is 12.0 Å². The Bertz CT molecular complexity index is 531. The van der Waals surface area contributed by atoms with Crippen LogP contribution in [0, 0.1) is 6.92 Å². The summed E-state index contributed by atoms with van der Waals surface area (Å²) in [7, 11) is 1.56. The highest BCUT2D eigenvalue weighted by Crippen LogP contribution is 2.02. The number of carboxylic acids is 1. The minimum atomic E-state index is -0.961. The van der Waals surface area contributed by atoms with Crippen molar-refractivity contribution < 1.29 is 19.5 Å². The molecule has 114 valence electrons. The van der Waals surface area contributed by atoms with Crippen LogP contribution in [0.5, 0.6) is 0 Å². The molecule has 0 fully saturated rings. The number of hydrogen-bond acceptors (Lipinski definition) is 4. The molecule has 0 saturated carbocycles. The highest BCUT2D eigenvalue weighted by Gasteiger charge is 2.13. The number of pyridine rings is 1. The van der Waals surface area contributed by atoms with Crippen LogP contribution < -0.4 is 5.32 Å². The quantitative estimate of drug-likeness (QED) is 0.823. The fourth-order valence-electron chi connectivity index (χ4n) is 1.68. The third-order valence-electron chi connectivity index (χ3n) is 2.73. The minimum Gasteiger partial charge on any atom is -0.481 e. The second kappa shape index (κ2) is 7.98. The van der Waals surface area contributed by atoms with Crippen LogP contribution in [0.4, 0.5) is 4.79 Å². The van der Waals surface area contributed by atoms with Crippen LogP contribution in [0.3, 0.4) is 0 Å². The fourth-order valence-corrected chi connectivity index (χ4v) is 1.68. The number of aryl methyl sites for hydroxylation is 1. The van der Waals surface area contributed by atoms with Gasteiger partial charge in [-0.15, -0.1) is 0 Å². The lowest BCUT2D eigenvalue weighted by molar-refractivity contribution is -0.137. The second-order valence-electron chi connectivity index (χ2n) is 4.73. The summed E-state index contributed by atoms with van der Waals surface area (Å²) >= 11 is 0. The number of amides is 3. The Morgan fingerprint density at radius 3 is 2.62 bits per heavy atom. The summed E-state index contributed by atoms with van der Waals surface area (Å²) in [5.74, 6) is -1.44. The van der Waals surface area contributed by atoms with Crippen molar-refractivity contribution in [3.63, 3.8) is 0 Å². The summed E-state index contributed by atoms with van der Waals surface area (Å²) in [4.78, 5) is 39.2. The smallest absolute Gasteiger partial charge is 0.324 e. The number of hydrogen-bond donors (Lipinski definition) is 2. The van der Waals surface area contributed by atoms with Gasteiger partial charge in [-0.05, 0) is 25.5 Å². The van der Waals surface area contributed by atoms with E-state index in [0.29, 0.717) is 0 Å². The van der Waals surface area contributed by atoms with Crippen LogP contribution in [0.2, 0.25) is 0 Å². The Morgan fingerprint density at radius 2 is 2.00 bits per heavy atom. The van der Waals surface area contributed by atoms with Gasteiger partial charge in [0.25, 0.3) is 0 Å². The first-order valence-corrected chi connectivity index (χ1v) is 6.57. The summed E-state index contributed by atoms with van der Waals surface area (Å²) in [5, 5.41) is 10.7. The summed E-state index contributed by atoms with van der Waals surface area (Å²) in [6.07, 6.45) is 0.122. The Labute approximate surface area is 123 Å². The van der Waals surface area contributed by atoms with E-state index in [4.69, 9.17) is 5.11 Å². The number of rotatable bonds is 6. The predicted octanol–water partition coefficient (Wildman–Crippen LogP) is 1.31. The molecule has 7 heteroatoms. The van der Waals surface area contributed by atoms with Crippen molar-refractivity contribution in [2.75, 3.05) is 7.05 Å². The number of carbonyl (C=O) groups excluding carboxylic acids is 2. The highest BCUT2D eigenvalue weighted by atomic mass is 16.4. The van der Waals surface area contributed by atoms with Gasteiger partial charge < -0.3 is 10.0 Å². The minimum absolute atomic E-state index is 0.00851. The molecule has 1 aromatic heterocycles. The lowest BCUT2D eigenvalue weighted by atomic mass is 10.2. The summed E-state index contributed by atoms with van der Waals surface area (Å²) in [6.45, 7) is 2.14. The normalized spacial score (nSPS) is 10.0. The van der Waals surface area contributed by atoms with E-state index in [-0.39, 0.29) is 25.8 Å².